The van der Waals surface area contributed by atoms with Gasteiger partial charge in [-0.3, -0.25) is 0 Å². The van der Waals surface area contributed by atoms with Gasteiger partial charge in [-0.25, -0.2) is 4.98 Å². The maximum absolute atomic E-state index is 5.89. The molecule has 2 heterocycles. The lowest BCUT2D eigenvalue weighted by molar-refractivity contribution is 0.185. The highest BCUT2D eigenvalue weighted by molar-refractivity contribution is 6.29. The van der Waals surface area contributed by atoms with E-state index >= 15 is 0 Å². The largest absolute Gasteiger partial charge is 0.381 e. The van der Waals surface area contributed by atoms with Crippen LogP contribution in [0.3, 0.4) is 0 Å². The number of hydrogen-bond donors (Lipinski definition) is 1. The maximum atomic E-state index is 5.89. The third kappa shape index (κ3) is 2.71. The first kappa shape index (κ1) is 10.9. The quantitative estimate of drug-likeness (QED) is 0.844. The van der Waals surface area contributed by atoms with Crippen LogP contribution in [0.25, 0.3) is 0 Å². The molecule has 0 radical (unpaired) electrons. The molecule has 0 spiro atoms. The van der Waals surface area contributed by atoms with E-state index in [4.69, 9.17) is 16.3 Å². The van der Waals surface area contributed by atoms with Gasteiger partial charge in [0.1, 0.15) is 11.0 Å². The minimum absolute atomic E-state index is 0.653. The van der Waals surface area contributed by atoms with Crippen molar-refractivity contribution in [2.45, 2.75) is 13.0 Å². The van der Waals surface area contributed by atoms with Gasteiger partial charge in [0.2, 0.25) is 0 Å². The smallest absolute Gasteiger partial charge is 0.128 e. The standard InChI is InChI=1S/C10H16ClN3O/c1-14-9(11)5-13-10(14)6-12-4-8-2-3-15-7-8/h5,8,12H,2-4,6-7H2,1H3. The van der Waals surface area contributed by atoms with Crippen LogP contribution in [0.1, 0.15) is 12.2 Å². The Kier molecular flexibility index (Phi) is 3.61. The monoisotopic (exact) mass is 229 g/mol. The number of nitrogens with one attached hydrogen (secondary N) is 1. The molecule has 1 atom stereocenters. The average molecular weight is 230 g/mol. The molecule has 1 N–H and O–H groups in total. The second-order valence-corrected chi connectivity index (χ2v) is 4.30. The minimum atomic E-state index is 0.653. The lowest BCUT2D eigenvalue weighted by Gasteiger charge is -2.09. The fourth-order valence-corrected chi connectivity index (χ4v) is 1.87. The number of hydrogen-bond acceptors (Lipinski definition) is 3. The number of rotatable bonds is 4. The highest BCUT2D eigenvalue weighted by Crippen LogP contribution is 2.11. The predicted octanol–water partition coefficient (Wildman–Crippen LogP) is 1.20. The molecule has 1 aliphatic rings. The Hall–Kier alpha value is -0.580. The topological polar surface area (TPSA) is 39.1 Å². The number of ether oxygens (including phenoxy) is 1. The van der Waals surface area contributed by atoms with Crippen molar-refractivity contribution in [3.05, 3.63) is 17.2 Å². The van der Waals surface area contributed by atoms with E-state index in [1.807, 2.05) is 11.6 Å². The van der Waals surface area contributed by atoms with Gasteiger partial charge in [-0.05, 0) is 12.3 Å². The van der Waals surface area contributed by atoms with Crippen molar-refractivity contribution < 1.29 is 4.74 Å². The van der Waals surface area contributed by atoms with Crippen LogP contribution in [-0.4, -0.2) is 29.3 Å². The first-order valence-electron chi connectivity index (χ1n) is 5.22. The average Bonchev–Trinajstić information content (AvgIpc) is 2.83. The zero-order chi connectivity index (χ0) is 10.7. The van der Waals surface area contributed by atoms with Crippen LogP contribution in [0.2, 0.25) is 5.15 Å². The van der Waals surface area contributed by atoms with Crippen LogP contribution in [0.4, 0.5) is 0 Å². The Morgan fingerprint density at radius 2 is 2.60 bits per heavy atom. The fourth-order valence-electron chi connectivity index (χ4n) is 1.72. The Labute approximate surface area is 94.6 Å². The molecular weight excluding hydrogens is 214 g/mol. The molecular formula is C10H16ClN3O. The molecule has 1 saturated heterocycles. The van der Waals surface area contributed by atoms with Crippen LogP contribution >= 0.6 is 11.6 Å². The van der Waals surface area contributed by atoms with Crippen molar-refractivity contribution in [2.24, 2.45) is 13.0 Å². The molecule has 1 unspecified atom stereocenters. The van der Waals surface area contributed by atoms with Crippen molar-refractivity contribution in [3.8, 4) is 0 Å². The van der Waals surface area contributed by atoms with Crippen molar-refractivity contribution in [1.29, 1.82) is 0 Å². The molecule has 4 nitrogen and oxygen atoms in total. The van der Waals surface area contributed by atoms with Crippen LogP contribution in [0.5, 0.6) is 0 Å². The van der Waals surface area contributed by atoms with Crippen LogP contribution in [0.15, 0.2) is 6.20 Å². The molecule has 0 bridgehead atoms. The normalized spacial score (nSPS) is 21.1. The van der Waals surface area contributed by atoms with E-state index < -0.39 is 0 Å². The summed E-state index contributed by atoms with van der Waals surface area (Å²) in [6.07, 6.45) is 2.84. The molecule has 0 aromatic carbocycles. The highest BCUT2D eigenvalue weighted by Gasteiger charge is 2.15. The molecule has 1 aromatic rings. The van der Waals surface area contributed by atoms with Gasteiger partial charge in [0.25, 0.3) is 0 Å². The van der Waals surface area contributed by atoms with Crippen molar-refractivity contribution in [3.63, 3.8) is 0 Å². The Morgan fingerprint density at radius 1 is 1.73 bits per heavy atom. The molecule has 1 aromatic heterocycles. The number of nitrogens with zero attached hydrogens (tertiary/aromatic N) is 2. The summed E-state index contributed by atoms with van der Waals surface area (Å²) in [5.41, 5.74) is 0. The summed E-state index contributed by atoms with van der Waals surface area (Å²) in [5.74, 6) is 1.62. The van der Waals surface area contributed by atoms with E-state index in [0.717, 1.165) is 38.5 Å². The zero-order valence-corrected chi connectivity index (χ0v) is 9.63. The molecule has 1 aliphatic heterocycles. The molecule has 0 saturated carbocycles. The summed E-state index contributed by atoms with van der Waals surface area (Å²) in [4.78, 5) is 4.22. The van der Waals surface area contributed by atoms with Gasteiger partial charge < -0.3 is 14.6 Å². The second-order valence-electron chi connectivity index (χ2n) is 3.92. The van der Waals surface area contributed by atoms with E-state index in [1.165, 1.54) is 0 Å². The Balaban J connectivity index is 1.75. The molecule has 15 heavy (non-hydrogen) atoms. The SMILES string of the molecule is Cn1c(Cl)cnc1CNCC1CCOC1. The number of aromatic nitrogens is 2. The van der Waals surface area contributed by atoms with Crippen LogP contribution in [-0.2, 0) is 18.3 Å². The van der Waals surface area contributed by atoms with Gasteiger partial charge in [0, 0.05) is 20.2 Å². The maximum Gasteiger partial charge on any atom is 0.128 e. The molecule has 2 rings (SSSR count). The third-order valence-corrected chi connectivity index (χ3v) is 3.12. The minimum Gasteiger partial charge on any atom is -0.381 e. The zero-order valence-electron chi connectivity index (χ0n) is 8.87. The van der Waals surface area contributed by atoms with E-state index in [1.54, 1.807) is 6.20 Å². The summed E-state index contributed by atoms with van der Waals surface area (Å²) < 4.78 is 7.19. The first-order valence-corrected chi connectivity index (χ1v) is 5.59. The van der Waals surface area contributed by atoms with E-state index in [9.17, 15) is 0 Å². The third-order valence-electron chi connectivity index (χ3n) is 2.77. The Bertz CT molecular complexity index is 320. The lowest BCUT2D eigenvalue weighted by atomic mass is 10.1. The van der Waals surface area contributed by atoms with Crippen molar-refractivity contribution >= 4 is 11.6 Å². The van der Waals surface area contributed by atoms with Crippen molar-refractivity contribution in [1.82, 2.24) is 14.9 Å². The summed E-state index contributed by atoms with van der Waals surface area (Å²) in [7, 11) is 1.92. The molecule has 1 fully saturated rings. The van der Waals surface area contributed by atoms with Gasteiger partial charge in [-0.15, -0.1) is 0 Å². The summed E-state index contributed by atoms with van der Waals surface area (Å²) >= 11 is 5.89. The fraction of sp³-hybridized carbons (Fsp3) is 0.700. The van der Waals surface area contributed by atoms with Gasteiger partial charge in [-0.1, -0.05) is 11.6 Å². The number of imidazole rings is 1. The predicted molar refractivity (Wildman–Crippen MR) is 58.9 cm³/mol. The Morgan fingerprint density at radius 3 is 3.20 bits per heavy atom. The van der Waals surface area contributed by atoms with E-state index in [-0.39, 0.29) is 0 Å². The van der Waals surface area contributed by atoms with Crippen LogP contribution in [0, 0.1) is 5.92 Å². The van der Waals surface area contributed by atoms with Gasteiger partial charge in [0.15, 0.2) is 0 Å². The molecule has 84 valence electrons. The van der Waals surface area contributed by atoms with Gasteiger partial charge in [0.05, 0.1) is 19.3 Å². The first-order chi connectivity index (χ1) is 7.27. The molecule has 0 amide bonds. The van der Waals surface area contributed by atoms with E-state index in [2.05, 4.69) is 10.3 Å². The van der Waals surface area contributed by atoms with Gasteiger partial charge in [-0.2, -0.15) is 0 Å². The summed E-state index contributed by atoms with van der Waals surface area (Å²) in [5, 5.41) is 4.05. The second kappa shape index (κ2) is 4.96. The lowest BCUT2D eigenvalue weighted by Crippen LogP contribution is -2.24. The highest BCUT2D eigenvalue weighted by atomic mass is 35.5. The van der Waals surface area contributed by atoms with Crippen molar-refractivity contribution in [2.75, 3.05) is 19.8 Å². The summed E-state index contributed by atoms with van der Waals surface area (Å²) in [6, 6.07) is 0. The van der Waals surface area contributed by atoms with E-state index in [0.29, 0.717) is 11.1 Å². The van der Waals surface area contributed by atoms with Gasteiger partial charge >= 0.3 is 0 Å². The summed E-state index contributed by atoms with van der Waals surface area (Å²) in [6.45, 7) is 3.54. The van der Waals surface area contributed by atoms with Crippen LogP contribution < -0.4 is 5.32 Å². The number of halogens is 1. The molecule has 0 aliphatic carbocycles. The molecule has 5 heteroatoms.